The molecule has 1 unspecified atom stereocenters. The van der Waals surface area contributed by atoms with Gasteiger partial charge in [0.25, 0.3) is 5.91 Å². The molecule has 2 aromatic heterocycles. The van der Waals surface area contributed by atoms with Crippen LogP contribution in [-0.2, 0) is 11.3 Å². The fourth-order valence-electron chi connectivity index (χ4n) is 5.02. The molecule has 0 radical (unpaired) electrons. The van der Waals surface area contributed by atoms with Crippen LogP contribution in [0.5, 0.6) is 0 Å². The summed E-state index contributed by atoms with van der Waals surface area (Å²) in [6.07, 6.45) is 8.54. The smallest absolute Gasteiger partial charge is 0.289 e. The number of fused-ring (bicyclic) bond motifs is 1. The molecule has 0 saturated carbocycles. The topological polar surface area (TPSA) is 58.8 Å². The number of anilines is 1. The Labute approximate surface area is 195 Å². The predicted octanol–water partition coefficient (Wildman–Crippen LogP) is 5.34. The van der Waals surface area contributed by atoms with Gasteiger partial charge in [-0.1, -0.05) is 24.5 Å². The summed E-state index contributed by atoms with van der Waals surface area (Å²) >= 11 is 0. The van der Waals surface area contributed by atoms with Gasteiger partial charge >= 0.3 is 0 Å². The molecule has 174 valence electrons. The van der Waals surface area contributed by atoms with Gasteiger partial charge in [-0.15, -0.1) is 0 Å². The molecule has 0 bridgehead atoms. The summed E-state index contributed by atoms with van der Waals surface area (Å²) in [7, 11) is 0. The first-order valence-electron chi connectivity index (χ1n) is 12.3. The van der Waals surface area contributed by atoms with Gasteiger partial charge in [0.2, 0.25) is 0 Å². The number of aromatic nitrogens is 1. The summed E-state index contributed by atoms with van der Waals surface area (Å²) in [5.74, 6) is 1.29. The van der Waals surface area contributed by atoms with Gasteiger partial charge < -0.3 is 19.0 Å². The Morgan fingerprint density at radius 2 is 1.97 bits per heavy atom. The van der Waals surface area contributed by atoms with Crippen LogP contribution < -0.4 is 4.90 Å². The van der Waals surface area contributed by atoms with Crippen LogP contribution in [0.4, 0.5) is 5.82 Å². The Morgan fingerprint density at radius 3 is 2.70 bits per heavy atom. The third-order valence-corrected chi connectivity index (χ3v) is 6.76. The van der Waals surface area contributed by atoms with Crippen LogP contribution in [0.15, 0.2) is 47.1 Å². The molecular formula is C27H33N3O3. The van der Waals surface area contributed by atoms with E-state index in [2.05, 4.69) is 36.1 Å². The molecule has 1 aromatic carbocycles. The molecule has 2 aliphatic rings. The number of aryl methyl sites for hydroxylation is 1. The molecule has 6 nitrogen and oxygen atoms in total. The SMILES string of the molecule is Cc1ccc2nc(N3CCCCCC3)c(CN(CC3CCCO3)C(=O)c3ccco3)cc2c1. The minimum absolute atomic E-state index is 0.0706. The summed E-state index contributed by atoms with van der Waals surface area (Å²) in [5.41, 5.74) is 3.31. The van der Waals surface area contributed by atoms with Crippen molar-refractivity contribution >= 4 is 22.6 Å². The summed E-state index contributed by atoms with van der Waals surface area (Å²) < 4.78 is 11.4. The summed E-state index contributed by atoms with van der Waals surface area (Å²) in [6.45, 7) is 5.94. The highest BCUT2D eigenvalue weighted by Gasteiger charge is 2.27. The minimum atomic E-state index is -0.0957. The molecule has 2 fully saturated rings. The van der Waals surface area contributed by atoms with Crippen LogP contribution >= 0.6 is 0 Å². The van der Waals surface area contributed by atoms with Crippen LogP contribution in [0.25, 0.3) is 10.9 Å². The molecule has 0 aliphatic carbocycles. The molecule has 0 spiro atoms. The maximum Gasteiger partial charge on any atom is 0.289 e. The molecule has 2 saturated heterocycles. The molecule has 4 heterocycles. The zero-order chi connectivity index (χ0) is 22.6. The third kappa shape index (κ3) is 5.06. The normalized spacial score (nSPS) is 19.1. The van der Waals surface area contributed by atoms with Crippen LogP contribution in [0, 0.1) is 6.92 Å². The molecule has 5 rings (SSSR count). The average Bonchev–Trinajstić information content (AvgIpc) is 3.48. The Balaban J connectivity index is 1.52. The van der Waals surface area contributed by atoms with E-state index in [1.54, 1.807) is 18.4 Å². The summed E-state index contributed by atoms with van der Waals surface area (Å²) in [6, 6.07) is 12.1. The van der Waals surface area contributed by atoms with E-state index in [-0.39, 0.29) is 12.0 Å². The molecule has 2 aliphatic heterocycles. The van der Waals surface area contributed by atoms with Gasteiger partial charge in [-0.2, -0.15) is 0 Å². The van der Waals surface area contributed by atoms with Crippen molar-refractivity contribution in [3.8, 4) is 0 Å². The number of hydrogen-bond donors (Lipinski definition) is 0. The predicted molar refractivity (Wildman–Crippen MR) is 130 cm³/mol. The standard InChI is InChI=1S/C27H33N3O3/c1-20-10-11-24-21(16-20)17-22(26(28-24)29-12-4-2-3-5-13-29)18-30(19-23-8-6-14-32-23)27(31)25-9-7-15-33-25/h7,9-11,15-17,23H,2-6,8,12-14,18-19H2,1H3. The van der Waals surface area contributed by atoms with Gasteiger partial charge in [-0.05, 0) is 62.9 Å². The van der Waals surface area contributed by atoms with Crippen LogP contribution in [0.2, 0.25) is 0 Å². The summed E-state index contributed by atoms with van der Waals surface area (Å²) in [5, 5.41) is 1.12. The minimum Gasteiger partial charge on any atom is -0.459 e. The first-order valence-corrected chi connectivity index (χ1v) is 12.3. The van der Waals surface area contributed by atoms with Crippen LogP contribution in [-0.4, -0.2) is 48.1 Å². The lowest BCUT2D eigenvalue weighted by atomic mass is 10.1. The number of amides is 1. The number of benzene rings is 1. The van der Waals surface area contributed by atoms with Crippen molar-refractivity contribution in [3.05, 3.63) is 59.5 Å². The molecule has 1 atom stereocenters. The second-order valence-electron chi connectivity index (χ2n) is 9.37. The maximum atomic E-state index is 13.4. The van der Waals surface area contributed by atoms with Gasteiger partial charge in [-0.25, -0.2) is 4.98 Å². The van der Waals surface area contributed by atoms with Crippen LogP contribution in [0.1, 0.15) is 60.2 Å². The maximum absolute atomic E-state index is 13.4. The number of rotatable bonds is 6. The van der Waals surface area contributed by atoms with E-state index in [0.717, 1.165) is 54.8 Å². The highest BCUT2D eigenvalue weighted by molar-refractivity contribution is 5.91. The first kappa shape index (κ1) is 22.0. The number of hydrogen-bond acceptors (Lipinski definition) is 5. The number of ether oxygens (including phenoxy) is 1. The quantitative estimate of drug-likeness (QED) is 0.511. The molecule has 1 amide bonds. The van der Waals surface area contributed by atoms with Crippen LogP contribution in [0.3, 0.4) is 0 Å². The van der Waals surface area contributed by atoms with Gasteiger partial charge in [0.05, 0.1) is 17.9 Å². The number of carbonyl (C=O) groups excluding carboxylic acids is 1. The van der Waals surface area contributed by atoms with Crippen molar-refractivity contribution in [2.45, 2.75) is 58.1 Å². The zero-order valence-electron chi connectivity index (χ0n) is 19.5. The fourth-order valence-corrected chi connectivity index (χ4v) is 5.02. The Morgan fingerprint density at radius 1 is 1.12 bits per heavy atom. The largest absolute Gasteiger partial charge is 0.459 e. The molecule has 33 heavy (non-hydrogen) atoms. The highest BCUT2D eigenvalue weighted by atomic mass is 16.5. The second kappa shape index (κ2) is 9.96. The van der Waals surface area contributed by atoms with Gasteiger partial charge in [0.15, 0.2) is 5.76 Å². The van der Waals surface area contributed by atoms with Gasteiger partial charge in [-0.3, -0.25) is 4.79 Å². The molecule has 6 heteroatoms. The van der Waals surface area contributed by atoms with E-state index in [9.17, 15) is 4.79 Å². The summed E-state index contributed by atoms with van der Waals surface area (Å²) in [4.78, 5) is 22.8. The van der Waals surface area contributed by atoms with Crippen molar-refractivity contribution in [2.75, 3.05) is 31.1 Å². The Hall–Kier alpha value is -2.86. The van der Waals surface area contributed by atoms with Gasteiger partial charge in [0, 0.05) is 43.7 Å². The zero-order valence-corrected chi connectivity index (χ0v) is 19.5. The lowest BCUT2D eigenvalue weighted by Crippen LogP contribution is -2.37. The van der Waals surface area contributed by atoms with E-state index in [0.29, 0.717) is 18.8 Å². The number of carbonyl (C=O) groups is 1. The average molecular weight is 448 g/mol. The highest BCUT2D eigenvalue weighted by Crippen LogP contribution is 2.29. The number of furan rings is 1. The monoisotopic (exact) mass is 447 g/mol. The fraction of sp³-hybridized carbons (Fsp3) is 0.481. The lowest BCUT2D eigenvalue weighted by molar-refractivity contribution is 0.0484. The van der Waals surface area contributed by atoms with E-state index in [1.807, 2.05) is 4.90 Å². The van der Waals surface area contributed by atoms with Crippen molar-refractivity contribution in [3.63, 3.8) is 0 Å². The molecule has 0 N–H and O–H groups in total. The molecular weight excluding hydrogens is 414 g/mol. The van der Waals surface area contributed by atoms with Crippen molar-refractivity contribution in [1.29, 1.82) is 0 Å². The Bertz CT molecular complexity index is 1080. The van der Waals surface area contributed by atoms with E-state index in [1.165, 1.54) is 31.2 Å². The van der Waals surface area contributed by atoms with Crippen molar-refractivity contribution in [2.24, 2.45) is 0 Å². The molecule has 3 aromatic rings. The Kier molecular flexibility index (Phi) is 6.63. The van der Waals surface area contributed by atoms with Crippen molar-refractivity contribution < 1.29 is 13.9 Å². The third-order valence-electron chi connectivity index (χ3n) is 6.76. The van der Waals surface area contributed by atoms with E-state index >= 15 is 0 Å². The van der Waals surface area contributed by atoms with E-state index < -0.39 is 0 Å². The van der Waals surface area contributed by atoms with Gasteiger partial charge in [0.1, 0.15) is 5.82 Å². The van der Waals surface area contributed by atoms with E-state index in [4.69, 9.17) is 14.1 Å². The number of nitrogens with zero attached hydrogens (tertiary/aromatic N) is 3. The van der Waals surface area contributed by atoms with Crippen molar-refractivity contribution in [1.82, 2.24) is 9.88 Å². The lowest BCUT2D eigenvalue weighted by Gasteiger charge is -2.29. The first-order chi connectivity index (χ1) is 16.2. The second-order valence-corrected chi connectivity index (χ2v) is 9.37. The number of pyridine rings is 1.